The van der Waals surface area contributed by atoms with Crippen LogP contribution in [0, 0.1) is 0 Å². The number of nitrogens with zero attached hydrogens (tertiary/aromatic N) is 1. The molecule has 2 unspecified atom stereocenters. The van der Waals surface area contributed by atoms with Crippen molar-refractivity contribution in [3.8, 4) is 0 Å². The molecule has 0 bridgehead atoms. The van der Waals surface area contributed by atoms with Gasteiger partial charge in [0.15, 0.2) is 0 Å². The topological polar surface area (TPSA) is 66.0 Å². The van der Waals surface area contributed by atoms with Crippen LogP contribution < -0.4 is 0 Å². The van der Waals surface area contributed by atoms with Crippen molar-refractivity contribution in [3.05, 3.63) is 52.6 Å². The zero-order valence-electron chi connectivity index (χ0n) is 12.7. The van der Waals surface area contributed by atoms with E-state index in [0.29, 0.717) is 6.42 Å². The summed E-state index contributed by atoms with van der Waals surface area (Å²) in [4.78, 5) is 20.1. The van der Waals surface area contributed by atoms with Crippen LogP contribution in [0.15, 0.2) is 42.0 Å². The molecule has 1 aromatic carbocycles. The second-order valence-electron chi connectivity index (χ2n) is 6.20. The molecule has 2 aromatic heterocycles. The molecule has 2 atom stereocenters. The minimum absolute atomic E-state index is 0.0453. The number of H-pyrrole nitrogens is 1. The van der Waals surface area contributed by atoms with Gasteiger partial charge in [-0.2, -0.15) is 0 Å². The monoisotopic (exact) mass is 326 g/mol. The van der Waals surface area contributed by atoms with Gasteiger partial charge in [-0.05, 0) is 24.5 Å². The van der Waals surface area contributed by atoms with E-state index in [-0.39, 0.29) is 5.92 Å². The lowest BCUT2D eigenvalue weighted by molar-refractivity contribution is -0.146. The molecule has 0 aliphatic heterocycles. The van der Waals surface area contributed by atoms with E-state index in [1.54, 1.807) is 6.20 Å². The first-order valence-electron chi connectivity index (χ1n) is 7.93. The fraction of sp³-hybridized carbons (Fsp3) is 0.333. The standard InChI is InChI=1S/C18H18N2O2S/c21-17(22)18(16-19-9-10-23-16)8-4-3-6-14(18)13-11-20-15-7-2-1-5-12(13)15/h1-2,5,7,9-11,14,20H,3-4,6,8H2,(H,21,22). The molecule has 0 radical (unpaired) electrons. The number of para-hydroxylation sites is 1. The number of aromatic amines is 1. The smallest absolute Gasteiger partial charge is 0.317 e. The van der Waals surface area contributed by atoms with E-state index in [4.69, 9.17) is 0 Å². The molecule has 0 spiro atoms. The van der Waals surface area contributed by atoms with Crippen LogP contribution in [0.3, 0.4) is 0 Å². The molecule has 1 aliphatic rings. The molecule has 5 heteroatoms. The van der Waals surface area contributed by atoms with Gasteiger partial charge in [-0.15, -0.1) is 11.3 Å². The van der Waals surface area contributed by atoms with Gasteiger partial charge in [0, 0.05) is 34.6 Å². The zero-order chi connectivity index (χ0) is 15.9. The maximum atomic E-state index is 12.4. The molecule has 23 heavy (non-hydrogen) atoms. The van der Waals surface area contributed by atoms with E-state index in [0.717, 1.165) is 40.7 Å². The summed E-state index contributed by atoms with van der Waals surface area (Å²) in [6.07, 6.45) is 7.24. The molecule has 2 N–H and O–H groups in total. The lowest BCUT2D eigenvalue weighted by Crippen LogP contribution is -2.43. The van der Waals surface area contributed by atoms with Gasteiger partial charge >= 0.3 is 5.97 Å². The quantitative estimate of drug-likeness (QED) is 0.754. The maximum absolute atomic E-state index is 12.4. The average Bonchev–Trinajstić information content (AvgIpc) is 3.24. The molecular weight excluding hydrogens is 308 g/mol. The van der Waals surface area contributed by atoms with Crippen molar-refractivity contribution in [1.82, 2.24) is 9.97 Å². The summed E-state index contributed by atoms with van der Waals surface area (Å²) in [5, 5.41) is 13.9. The Morgan fingerprint density at radius 2 is 2.22 bits per heavy atom. The van der Waals surface area contributed by atoms with Crippen LogP contribution in [0.1, 0.15) is 42.2 Å². The highest BCUT2D eigenvalue weighted by Crippen LogP contribution is 2.51. The van der Waals surface area contributed by atoms with Crippen LogP contribution in [0.4, 0.5) is 0 Å². The first kappa shape index (κ1) is 14.5. The van der Waals surface area contributed by atoms with E-state index < -0.39 is 11.4 Å². The highest BCUT2D eigenvalue weighted by atomic mass is 32.1. The predicted molar refractivity (Wildman–Crippen MR) is 90.9 cm³/mol. The number of aromatic nitrogens is 2. The van der Waals surface area contributed by atoms with Crippen molar-refractivity contribution in [3.63, 3.8) is 0 Å². The Hall–Kier alpha value is -2.14. The van der Waals surface area contributed by atoms with E-state index >= 15 is 0 Å². The first-order valence-corrected chi connectivity index (χ1v) is 8.81. The first-order chi connectivity index (χ1) is 11.2. The normalized spacial score (nSPS) is 24.8. The molecule has 0 saturated heterocycles. The van der Waals surface area contributed by atoms with Crippen LogP contribution >= 0.6 is 11.3 Å². The molecule has 1 aliphatic carbocycles. The molecule has 3 aromatic rings. The number of carboxylic acid groups (broad SMARTS) is 1. The van der Waals surface area contributed by atoms with E-state index in [2.05, 4.69) is 16.0 Å². The highest BCUT2D eigenvalue weighted by molar-refractivity contribution is 7.09. The van der Waals surface area contributed by atoms with Gasteiger partial charge < -0.3 is 10.1 Å². The van der Waals surface area contributed by atoms with Gasteiger partial charge in [0.05, 0.1) is 0 Å². The number of benzene rings is 1. The van der Waals surface area contributed by atoms with E-state index in [1.807, 2.05) is 29.8 Å². The van der Waals surface area contributed by atoms with Crippen molar-refractivity contribution < 1.29 is 9.90 Å². The predicted octanol–water partition coefficient (Wildman–Crippen LogP) is 4.30. The minimum Gasteiger partial charge on any atom is -0.480 e. The third-order valence-corrected chi connectivity index (χ3v) is 6.05. The molecule has 2 heterocycles. The average molecular weight is 326 g/mol. The third kappa shape index (κ3) is 2.10. The lowest BCUT2D eigenvalue weighted by atomic mass is 9.64. The summed E-state index contributed by atoms with van der Waals surface area (Å²) in [6.45, 7) is 0. The van der Waals surface area contributed by atoms with Crippen molar-refractivity contribution >= 4 is 28.2 Å². The van der Waals surface area contributed by atoms with Gasteiger partial charge in [-0.25, -0.2) is 4.98 Å². The summed E-state index contributed by atoms with van der Waals surface area (Å²) in [7, 11) is 0. The van der Waals surface area contributed by atoms with Crippen LogP contribution in [0.25, 0.3) is 10.9 Å². The van der Waals surface area contributed by atoms with Crippen molar-refractivity contribution in [1.29, 1.82) is 0 Å². The largest absolute Gasteiger partial charge is 0.480 e. The minimum atomic E-state index is -0.905. The Balaban J connectivity index is 1.92. The summed E-state index contributed by atoms with van der Waals surface area (Å²) in [6, 6.07) is 8.11. The molecule has 0 amide bonds. The van der Waals surface area contributed by atoms with Gasteiger partial charge in [0.2, 0.25) is 0 Å². The molecule has 1 saturated carbocycles. The Labute approximate surface area is 138 Å². The number of aliphatic carboxylic acids is 1. The number of carbonyl (C=O) groups is 1. The summed E-state index contributed by atoms with van der Waals surface area (Å²) in [5.41, 5.74) is 1.27. The number of carboxylic acids is 1. The summed E-state index contributed by atoms with van der Waals surface area (Å²) < 4.78 is 0. The second kappa shape index (κ2) is 5.49. The van der Waals surface area contributed by atoms with Gasteiger partial charge in [-0.3, -0.25) is 4.79 Å². The molecule has 1 fully saturated rings. The second-order valence-corrected chi connectivity index (χ2v) is 7.10. The third-order valence-electron chi connectivity index (χ3n) is 5.10. The number of hydrogen-bond acceptors (Lipinski definition) is 3. The fourth-order valence-corrected chi connectivity index (χ4v) is 4.94. The fourth-order valence-electron chi connectivity index (χ4n) is 4.02. The van der Waals surface area contributed by atoms with Crippen molar-refractivity contribution in [2.24, 2.45) is 0 Å². The molecule has 4 nitrogen and oxygen atoms in total. The maximum Gasteiger partial charge on any atom is 0.317 e. The highest BCUT2D eigenvalue weighted by Gasteiger charge is 2.51. The Morgan fingerprint density at radius 3 is 3.00 bits per heavy atom. The molecule has 118 valence electrons. The van der Waals surface area contributed by atoms with E-state index in [1.165, 1.54) is 11.3 Å². The number of hydrogen-bond donors (Lipinski definition) is 2. The van der Waals surface area contributed by atoms with Gasteiger partial charge in [0.25, 0.3) is 0 Å². The SMILES string of the molecule is O=C(O)C1(c2nccs2)CCCCC1c1c[nH]c2ccccc12. The van der Waals surface area contributed by atoms with Crippen LogP contribution in [-0.4, -0.2) is 21.0 Å². The number of rotatable bonds is 3. The molecular formula is C18H18N2O2S. The van der Waals surface area contributed by atoms with Crippen LogP contribution in [0.5, 0.6) is 0 Å². The number of thiazole rings is 1. The van der Waals surface area contributed by atoms with Gasteiger partial charge in [0.1, 0.15) is 10.4 Å². The van der Waals surface area contributed by atoms with Gasteiger partial charge in [-0.1, -0.05) is 31.0 Å². The van der Waals surface area contributed by atoms with Crippen LogP contribution in [0.2, 0.25) is 0 Å². The number of fused-ring (bicyclic) bond motifs is 1. The summed E-state index contributed by atoms with van der Waals surface area (Å²) >= 11 is 1.46. The van der Waals surface area contributed by atoms with E-state index in [9.17, 15) is 9.90 Å². The Morgan fingerprint density at radius 1 is 1.35 bits per heavy atom. The lowest BCUT2D eigenvalue weighted by Gasteiger charge is -2.39. The Bertz CT molecular complexity index is 840. The zero-order valence-corrected chi connectivity index (χ0v) is 13.5. The van der Waals surface area contributed by atoms with Crippen LogP contribution in [-0.2, 0) is 10.2 Å². The number of nitrogens with one attached hydrogen (secondary N) is 1. The summed E-state index contributed by atoms with van der Waals surface area (Å²) in [5.74, 6) is -0.793. The molecule has 4 rings (SSSR count). The van der Waals surface area contributed by atoms with Crippen molar-refractivity contribution in [2.45, 2.75) is 37.0 Å². The van der Waals surface area contributed by atoms with Crippen molar-refractivity contribution in [2.75, 3.05) is 0 Å². The Kier molecular flexibility index (Phi) is 3.45.